The summed E-state index contributed by atoms with van der Waals surface area (Å²) in [6.45, 7) is 9.14. The molecule has 4 heterocycles. The van der Waals surface area contributed by atoms with E-state index in [-0.39, 0.29) is 37.3 Å². The molecule has 2 aromatic heterocycles. The highest BCUT2D eigenvalue weighted by Gasteiger charge is 2.63. The van der Waals surface area contributed by atoms with Gasteiger partial charge < -0.3 is 34.9 Å². The Morgan fingerprint density at radius 1 is 1.05 bits per heavy atom. The van der Waals surface area contributed by atoms with Crippen molar-refractivity contribution in [3.63, 3.8) is 0 Å². The number of carbonyl (C=O) groups is 4. The number of sulfonamides is 1. The molecule has 0 spiro atoms. The molecule has 2 aliphatic heterocycles. The Kier molecular flexibility index (Phi) is 11.8. The standard InChI is InChI=1S/C43H54N6O10S/c1-24(2)58-30-12-14-33(44-22-30)34-19-27-18-29(57-6)11-13-32(27)38(45-34)59-31-20-35-37(50)47-43(40(52)48-60(55,56)42(5)15-16-42)21-28(43)10-8-7-9-25(3)17-26(4)36(46-41(53)54)39(51)49(35)23-31/h8,10-14,18-19,22,24-26,28,31,35-36,46H,7,9,15-17,20-21,23H2,1-6H3,(H,47,50)(H,48,52)(H,53,54)/t25-,26-,28-,31-,35+,36+,43-/m1/s1. The molecule has 16 nitrogen and oxygen atoms in total. The lowest BCUT2D eigenvalue weighted by Crippen LogP contribution is -2.59. The van der Waals surface area contributed by atoms with Gasteiger partial charge >= 0.3 is 6.09 Å². The summed E-state index contributed by atoms with van der Waals surface area (Å²) in [4.78, 5) is 66.1. The molecule has 1 saturated heterocycles. The number of carbonyl (C=O) groups excluding carboxylic acids is 3. The fourth-order valence-corrected chi connectivity index (χ4v) is 9.63. The molecule has 0 bridgehead atoms. The van der Waals surface area contributed by atoms with Gasteiger partial charge in [0.2, 0.25) is 27.7 Å². The van der Waals surface area contributed by atoms with Crippen LogP contribution in [-0.4, -0.2) is 100 Å². The second-order valence-corrected chi connectivity index (χ2v) is 19.5. The number of carboxylic acid groups (broad SMARTS) is 1. The summed E-state index contributed by atoms with van der Waals surface area (Å²) in [5.41, 5.74) is -0.562. The number of aromatic nitrogens is 2. The minimum absolute atomic E-state index is 0.0419. The number of fused-ring (bicyclic) bond motifs is 3. The number of nitrogens with zero attached hydrogens (tertiary/aromatic N) is 3. The maximum Gasteiger partial charge on any atom is 0.405 e. The van der Waals surface area contributed by atoms with Crippen LogP contribution in [0.15, 0.2) is 54.7 Å². The van der Waals surface area contributed by atoms with Gasteiger partial charge in [0.25, 0.3) is 5.91 Å². The maximum atomic E-state index is 14.6. The average molecular weight is 847 g/mol. The Bertz CT molecular complexity index is 2300. The summed E-state index contributed by atoms with van der Waals surface area (Å²) < 4.78 is 45.6. The summed E-state index contributed by atoms with van der Waals surface area (Å²) in [6, 6.07) is 8.42. The van der Waals surface area contributed by atoms with E-state index >= 15 is 0 Å². The maximum absolute atomic E-state index is 14.6. The third kappa shape index (κ3) is 8.86. The molecule has 7 rings (SSSR count). The summed E-state index contributed by atoms with van der Waals surface area (Å²) in [5.74, 6) is -1.57. The lowest BCUT2D eigenvalue weighted by Gasteiger charge is -2.32. The van der Waals surface area contributed by atoms with Crippen molar-refractivity contribution in [1.29, 1.82) is 0 Å². The van der Waals surface area contributed by atoms with Crippen LogP contribution in [0.4, 0.5) is 4.79 Å². The van der Waals surface area contributed by atoms with Crippen LogP contribution in [0.3, 0.4) is 0 Å². The van der Waals surface area contributed by atoms with Crippen LogP contribution in [0, 0.1) is 17.8 Å². The van der Waals surface area contributed by atoms with E-state index in [9.17, 15) is 32.7 Å². The normalized spacial score (nSPS) is 27.8. The third-order valence-electron chi connectivity index (χ3n) is 12.2. The topological polar surface area (TPSA) is 215 Å². The smallest absolute Gasteiger partial charge is 0.405 e. The molecule has 1 aromatic carbocycles. The van der Waals surface area contributed by atoms with E-state index in [0.29, 0.717) is 54.0 Å². The zero-order chi connectivity index (χ0) is 43.1. The number of methoxy groups -OCH3 is 1. The van der Waals surface area contributed by atoms with E-state index in [1.54, 1.807) is 44.5 Å². The molecule has 3 fully saturated rings. The molecule has 7 atom stereocenters. The van der Waals surface area contributed by atoms with E-state index in [1.165, 1.54) is 4.90 Å². The summed E-state index contributed by atoms with van der Waals surface area (Å²) in [7, 11) is -2.47. The Labute approximate surface area is 349 Å². The van der Waals surface area contributed by atoms with Gasteiger partial charge in [-0.3, -0.25) is 24.1 Å². The SMILES string of the molecule is COc1ccc2c(O[C@@H]3C[C@H]4C(=O)N[C@]5(C(=O)NS(=O)(=O)C6(C)CC6)C[C@H]5C=CCC[C@@H](C)C[C@@H](C)[C@H](NC(=O)O)C(=O)N4C3)nc(-c3ccc(OC(C)C)cn3)cc2c1. The first kappa shape index (κ1) is 42.7. The van der Waals surface area contributed by atoms with E-state index in [4.69, 9.17) is 19.2 Å². The molecule has 4 aliphatic rings. The number of nitrogens with one attached hydrogen (secondary N) is 3. The Hall–Kier alpha value is -5.45. The van der Waals surface area contributed by atoms with Gasteiger partial charge in [-0.05, 0) is 113 Å². The molecule has 4 N–H and O–H groups in total. The summed E-state index contributed by atoms with van der Waals surface area (Å²) in [5, 5.41) is 16.5. The van der Waals surface area contributed by atoms with E-state index in [2.05, 4.69) is 20.3 Å². The largest absolute Gasteiger partial charge is 0.497 e. The molecule has 0 unspecified atom stereocenters. The number of rotatable bonds is 10. The van der Waals surface area contributed by atoms with Gasteiger partial charge in [0.05, 0.1) is 42.1 Å². The molecule has 4 amide bonds. The van der Waals surface area contributed by atoms with E-state index in [1.807, 2.05) is 52.0 Å². The number of allylic oxidation sites excluding steroid dienone is 1. The van der Waals surface area contributed by atoms with Crippen LogP contribution >= 0.6 is 0 Å². The highest BCUT2D eigenvalue weighted by molar-refractivity contribution is 7.91. The Morgan fingerprint density at radius 3 is 2.47 bits per heavy atom. The van der Waals surface area contributed by atoms with Crippen LogP contribution in [0.5, 0.6) is 17.4 Å². The van der Waals surface area contributed by atoms with Crippen molar-refractivity contribution in [2.45, 2.75) is 114 Å². The average Bonchev–Trinajstić information content (AvgIpc) is 4.08. The number of benzene rings is 1. The van der Waals surface area contributed by atoms with Crippen LogP contribution in [-0.2, 0) is 24.4 Å². The molecular weight excluding hydrogens is 793 g/mol. The third-order valence-corrected chi connectivity index (χ3v) is 14.3. The summed E-state index contributed by atoms with van der Waals surface area (Å²) in [6.07, 6.45) is 5.96. The highest BCUT2D eigenvalue weighted by Crippen LogP contribution is 2.48. The molecule has 3 aromatic rings. The predicted octanol–water partition coefficient (Wildman–Crippen LogP) is 4.96. The van der Waals surface area contributed by atoms with Gasteiger partial charge in [0, 0.05) is 17.7 Å². The fraction of sp³-hybridized carbons (Fsp3) is 0.535. The zero-order valence-corrected chi connectivity index (χ0v) is 35.6. The van der Waals surface area contributed by atoms with E-state index < -0.39 is 74.1 Å². The van der Waals surface area contributed by atoms with Crippen LogP contribution in [0.2, 0.25) is 0 Å². The van der Waals surface area contributed by atoms with Crippen LogP contribution in [0.1, 0.15) is 79.6 Å². The number of hydrogen-bond donors (Lipinski definition) is 4. The molecule has 322 valence electrons. The Morgan fingerprint density at radius 2 is 1.80 bits per heavy atom. The lowest BCUT2D eigenvalue weighted by molar-refractivity contribution is -0.142. The zero-order valence-electron chi connectivity index (χ0n) is 34.8. The quantitative estimate of drug-likeness (QED) is 0.199. The van der Waals surface area contributed by atoms with Crippen molar-refractivity contribution in [2.24, 2.45) is 17.8 Å². The van der Waals surface area contributed by atoms with E-state index in [0.717, 1.165) is 11.8 Å². The minimum atomic E-state index is -4.03. The number of ether oxygens (including phenoxy) is 3. The predicted molar refractivity (Wildman–Crippen MR) is 222 cm³/mol. The fourth-order valence-electron chi connectivity index (χ4n) is 8.31. The molecule has 60 heavy (non-hydrogen) atoms. The van der Waals surface area contributed by atoms with Crippen molar-refractivity contribution >= 4 is 44.6 Å². The first-order chi connectivity index (χ1) is 28.4. The van der Waals surface area contributed by atoms with Crippen LogP contribution in [0.25, 0.3) is 22.2 Å². The van der Waals surface area contributed by atoms with Crippen molar-refractivity contribution in [3.05, 3.63) is 54.7 Å². The van der Waals surface area contributed by atoms with Crippen molar-refractivity contribution < 1.29 is 46.9 Å². The number of hydrogen-bond acceptors (Lipinski definition) is 11. The van der Waals surface area contributed by atoms with Gasteiger partial charge in [-0.2, -0.15) is 0 Å². The van der Waals surface area contributed by atoms with Gasteiger partial charge in [-0.15, -0.1) is 0 Å². The van der Waals surface area contributed by atoms with Gasteiger partial charge in [-0.25, -0.2) is 18.2 Å². The van der Waals surface area contributed by atoms with Gasteiger partial charge in [-0.1, -0.05) is 26.0 Å². The Balaban J connectivity index is 1.24. The van der Waals surface area contributed by atoms with Crippen LogP contribution < -0.4 is 29.6 Å². The first-order valence-electron chi connectivity index (χ1n) is 20.6. The van der Waals surface area contributed by atoms with Crippen molar-refractivity contribution in [1.82, 2.24) is 30.2 Å². The van der Waals surface area contributed by atoms with Gasteiger partial charge in [0.1, 0.15) is 35.2 Å². The monoisotopic (exact) mass is 846 g/mol. The first-order valence-corrected chi connectivity index (χ1v) is 22.0. The highest BCUT2D eigenvalue weighted by atomic mass is 32.2. The molecule has 17 heteroatoms. The number of amides is 4. The second-order valence-electron chi connectivity index (χ2n) is 17.3. The lowest BCUT2D eigenvalue weighted by atomic mass is 9.88. The minimum Gasteiger partial charge on any atom is -0.497 e. The van der Waals surface area contributed by atoms with Gasteiger partial charge in [0.15, 0.2) is 0 Å². The molecule has 2 saturated carbocycles. The molecule has 2 aliphatic carbocycles. The molecular formula is C43H54N6O10S. The van der Waals surface area contributed by atoms with Crippen molar-refractivity contribution in [2.75, 3.05) is 13.7 Å². The summed E-state index contributed by atoms with van der Waals surface area (Å²) >= 11 is 0. The van der Waals surface area contributed by atoms with Crippen molar-refractivity contribution in [3.8, 4) is 28.8 Å². The molecule has 0 radical (unpaired) electrons. The number of pyridine rings is 2. The second kappa shape index (κ2) is 16.5.